The standard InChI is InChI=1S/C19H23N5O2/c1-11-8-15(16-13(3)22-26-18(16)21-11)19(25)24-7-5-6-14(10-24)17-20-12(2)9-23(17)4/h8-9,14H,5-7,10H2,1-4H3. The monoisotopic (exact) mass is 353 g/mol. The van der Waals surface area contributed by atoms with Crippen LogP contribution in [0.25, 0.3) is 11.1 Å². The first-order valence-electron chi connectivity index (χ1n) is 8.97. The van der Waals surface area contributed by atoms with Crippen molar-refractivity contribution in [3.63, 3.8) is 0 Å². The Kier molecular flexibility index (Phi) is 4.01. The minimum absolute atomic E-state index is 0.0161. The van der Waals surface area contributed by atoms with Crippen molar-refractivity contribution in [3.8, 4) is 0 Å². The van der Waals surface area contributed by atoms with Gasteiger partial charge < -0.3 is 14.0 Å². The van der Waals surface area contributed by atoms with Gasteiger partial charge in [0, 0.05) is 37.9 Å². The summed E-state index contributed by atoms with van der Waals surface area (Å²) in [6.45, 7) is 7.14. The van der Waals surface area contributed by atoms with Crippen LogP contribution in [0.1, 0.15) is 52.0 Å². The molecule has 3 aromatic heterocycles. The highest BCUT2D eigenvalue weighted by molar-refractivity contribution is 6.06. The number of fused-ring (bicyclic) bond motifs is 1. The first-order valence-corrected chi connectivity index (χ1v) is 8.97. The fourth-order valence-corrected chi connectivity index (χ4v) is 3.94. The molecule has 0 radical (unpaired) electrons. The van der Waals surface area contributed by atoms with Crippen LogP contribution in [0.15, 0.2) is 16.8 Å². The lowest BCUT2D eigenvalue weighted by molar-refractivity contribution is 0.0705. The summed E-state index contributed by atoms with van der Waals surface area (Å²) in [6, 6.07) is 1.84. The van der Waals surface area contributed by atoms with Gasteiger partial charge in [-0.3, -0.25) is 4.79 Å². The first kappa shape index (κ1) is 16.8. The van der Waals surface area contributed by atoms with Crippen LogP contribution in [0.5, 0.6) is 0 Å². The van der Waals surface area contributed by atoms with E-state index in [1.807, 2.05) is 45.0 Å². The number of carbonyl (C=O) groups is 1. The van der Waals surface area contributed by atoms with Gasteiger partial charge in [-0.1, -0.05) is 5.16 Å². The second-order valence-electron chi connectivity index (χ2n) is 7.20. The molecule has 1 aliphatic heterocycles. The zero-order valence-electron chi connectivity index (χ0n) is 15.6. The molecule has 0 saturated carbocycles. The van der Waals surface area contributed by atoms with E-state index in [1.165, 1.54) is 0 Å². The maximum absolute atomic E-state index is 13.3. The SMILES string of the molecule is Cc1cn(C)c(C2CCCN(C(=O)c3cc(C)nc4onc(C)c34)C2)n1. The zero-order valence-corrected chi connectivity index (χ0v) is 15.6. The third-order valence-corrected chi connectivity index (χ3v) is 5.08. The second-order valence-corrected chi connectivity index (χ2v) is 7.20. The van der Waals surface area contributed by atoms with Crippen molar-refractivity contribution in [2.75, 3.05) is 13.1 Å². The minimum Gasteiger partial charge on any atom is -0.338 e. The van der Waals surface area contributed by atoms with Gasteiger partial charge in [-0.05, 0) is 39.7 Å². The van der Waals surface area contributed by atoms with Gasteiger partial charge in [0.2, 0.25) is 0 Å². The zero-order chi connectivity index (χ0) is 18.4. The van der Waals surface area contributed by atoms with Crippen LogP contribution in [0.3, 0.4) is 0 Å². The Hall–Kier alpha value is -2.70. The molecule has 0 aromatic carbocycles. The van der Waals surface area contributed by atoms with E-state index in [9.17, 15) is 4.79 Å². The molecule has 0 bridgehead atoms. The van der Waals surface area contributed by atoms with Gasteiger partial charge in [0.25, 0.3) is 11.6 Å². The molecular weight excluding hydrogens is 330 g/mol. The van der Waals surface area contributed by atoms with Gasteiger partial charge in [0.15, 0.2) is 0 Å². The summed E-state index contributed by atoms with van der Waals surface area (Å²) in [5, 5.41) is 4.70. The summed E-state index contributed by atoms with van der Waals surface area (Å²) in [5.74, 6) is 1.33. The number of likely N-dealkylation sites (tertiary alicyclic amines) is 1. The van der Waals surface area contributed by atoms with E-state index < -0.39 is 0 Å². The van der Waals surface area contributed by atoms with Gasteiger partial charge in [0.05, 0.1) is 22.3 Å². The Morgan fingerprint density at radius 1 is 1.23 bits per heavy atom. The summed E-state index contributed by atoms with van der Waals surface area (Å²) >= 11 is 0. The maximum Gasteiger partial charge on any atom is 0.258 e. The lowest BCUT2D eigenvalue weighted by atomic mass is 9.96. The molecule has 136 valence electrons. The molecule has 1 aliphatic rings. The molecule has 1 fully saturated rings. The minimum atomic E-state index is 0.0161. The quantitative estimate of drug-likeness (QED) is 0.708. The summed E-state index contributed by atoms with van der Waals surface area (Å²) in [4.78, 5) is 24.2. The number of pyridine rings is 1. The van der Waals surface area contributed by atoms with Crippen molar-refractivity contribution in [2.45, 2.75) is 39.5 Å². The maximum atomic E-state index is 13.3. The number of rotatable bonds is 2. The number of amides is 1. The van der Waals surface area contributed by atoms with Crippen LogP contribution in [0.2, 0.25) is 0 Å². The Labute approximate surface area is 152 Å². The topological polar surface area (TPSA) is 77.0 Å². The lowest BCUT2D eigenvalue weighted by Crippen LogP contribution is -2.39. The molecule has 0 aliphatic carbocycles. The van der Waals surface area contributed by atoms with E-state index in [0.29, 0.717) is 23.5 Å². The number of aromatic nitrogens is 4. The number of nitrogens with zero attached hydrogens (tertiary/aromatic N) is 5. The van der Waals surface area contributed by atoms with E-state index in [-0.39, 0.29) is 11.8 Å². The highest BCUT2D eigenvalue weighted by Gasteiger charge is 2.29. The van der Waals surface area contributed by atoms with Crippen molar-refractivity contribution in [3.05, 3.63) is 40.7 Å². The van der Waals surface area contributed by atoms with E-state index >= 15 is 0 Å². The number of carbonyl (C=O) groups excluding carboxylic acids is 1. The first-order chi connectivity index (χ1) is 12.4. The summed E-state index contributed by atoms with van der Waals surface area (Å²) in [5.41, 5.74) is 3.52. The number of hydrogen-bond donors (Lipinski definition) is 0. The largest absolute Gasteiger partial charge is 0.338 e. The van der Waals surface area contributed by atoms with E-state index in [0.717, 1.165) is 42.0 Å². The van der Waals surface area contributed by atoms with E-state index in [4.69, 9.17) is 4.52 Å². The molecule has 7 heteroatoms. The van der Waals surface area contributed by atoms with Crippen LogP contribution in [-0.4, -0.2) is 43.6 Å². The summed E-state index contributed by atoms with van der Waals surface area (Å²) in [6.07, 6.45) is 4.05. The van der Waals surface area contributed by atoms with E-state index in [2.05, 4.69) is 19.7 Å². The number of aryl methyl sites for hydroxylation is 4. The van der Waals surface area contributed by atoms with Gasteiger partial charge in [-0.25, -0.2) is 9.97 Å². The van der Waals surface area contributed by atoms with Gasteiger partial charge in [-0.2, -0.15) is 0 Å². The molecule has 26 heavy (non-hydrogen) atoms. The Morgan fingerprint density at radius 2 is 2.04 bits per heavy atom. The van der Waals surface area contributed by atoms with Gasteiger partial charge in [-0.15, -0.1) is 0 Å². The van der Waals surface area contributed by atoms with Crippen LogP contribution in [0.4, 0.5) is 0 Å². The van der Waals surface area contributed by atoms with Crippen molar-refractivity contribution in [1.29, 1.82) is 0 Å². The normalized spacial score (nSPS) is 17.8. The molecular formula is C19H23N5O2. The van der Waals surface area contributed by atoms with Crippen molar-refractivity contribution >= 4 is 17.0 Å². The fourth-order valence-electron chi connectivity index (χ4n) is 3.94. The molecule has 7 nitrogen and oxygen atoms in total. The van der Waals surface area contributed by atoms with Crippen LogP contribution >= 0.6 is 0 Å². The average molecular weight is 353 g/mol. The van der Waals surface area contributed by atoms with Crippen molar-refractivity contribution in [2.24, 2.45) is 7.05 Å². The lowest BCUT2D eigenvalue weighted by Gasteiger charge is -2.32. The number of imidazole rings is 1. The number of hydrogen-bond acceptors (Lipinski definition) is 5. The predicted molar refractivity (Wildman–Crippen MR) is 97.1 cm³/mol. The van der Waals surface area contributed by atoms with Crippen molar-refractivity contribution in [1.82, 2.24) is 24.6 Å². The molecule has 4 rings (SSSR count). The molecule has 0 N–H and O–H groups in total. The Bertz CT molecular complexity index is 987. The van der Waals surface area contributed by atoms with Crippen LogP contribution in [-0.2, 0) is 7.05 Å². The third kappa shape index (κ3) is 2.77. The molecule has 1 saturated heterocycles. The molecule has 1 unspecified atom stereocenters. The smallest absolute Gasteiger partial charge is 0.258 e. The van der Waals surface area contributed by atoms with Gasteiger partial charge in [0.1, 0.15) is 5.82 Å². The molecule has 4 heterocycles. The predicted octanol–water partition coefficient (Wildman–Crippen LogP) is 2.90. The fraction of sp³-hybridized carbons (Fsp3) is 0.474. The molecule has 1 amide bonds. The highest BCUT2D eigenvalue weighted by atomic mass is 16.5. The Morgan fingerprint density at radius 3 is 2.77 bits per heavy atom. The summed E-state index contributed by atoms with van der Waals surface area (Å²) in [7, 11) is 2.02. The highest BCUT2D eigenvalue weighted by Crippen LogP contribution is 2.29. The molecule has 0 spiro atoms. The number of piperidine rings is 1. The third-order valence-electron chi connectivity index (χ3n) is 5.08. The van der Waals surface area contributed by atoms with Crippen molar-refractivity contribution < 1.29 is 9.32 Å². The van der Waals surface area contributed by atoms with Crippen LogP contribution < -0.4 is 0 Å². The summed E-state index contributed by atoms with van der Waals surface area (Å²) < 4.78 is 7.35. The van der Waals surface area contributed by atoms with Gasteiger partial charge >= 0.3 is 0 Å². The second kappa shape index (κ2) is 6.23. The van der Waals surface area contributed by atoms with E-state index in [1.54, 1.807) is 0 Å². The van der Waals surface area contributed by atoms with Crippen LogP contribution in [0, 0.1) is 20.8 Å². The average Bonchev–Trinajstić information content (AvgIpc) is 3.15. The molecule has 3 aromatic rings. The Balaban J connectivity index is 1.66. The molecule has 1 atom stereocenters.